The fraction of sp³-hybridized carbons (Fsp3) is 0.200. The molecule has 0 aliphatic heterocycles. The lowest BCUT2D eigenvalue weighted by Crippen LogP contribution is -2.02. The van der Waals surface area contributed by atoms with Gasteiger partial charge >= 0.3 is 5.97 Å². The van der Waals surface area contributed by atoms with Crippen molar-refractivity contribution in [2.45, 2.75) is 13.3 Å². The number of hydrogen-bond donors (Lipinski definition) is 1. The molecule has 0 amide bonds. The van der Waals surface area contributed by atoms with E-state index >= 15 is 0 Å². The smallest absolute Gasteiger partial charge is 0.356 e. The first-order valence-electron chi connectivity index (χ1n) is 6.29. The summed E-state index contributed by atoms with van der Waals surface area (Å²) in [5, 5.41) is 9.06. The SMILES string of the molecule is CCc1ccc(Oc2ccc(Cl)c(C(=O)O)n2)c(OC)c1. The van der Waals surface area contributed by atoms with Crippen molar-refractivity contribution in [1.82, 2.24) is 4.98 Å². The van der Waals surface area contributed by atoms with Crippen LogP contribution in [0.2, 0.25) is 5.02 Å². The van der Waals surface area contributed by atoms with E-state index in [1.807, 2.05) is 19.1 Å². The van der Waals surface area contributed by atoms with Crippen molar-refractivity contribution in [3.63, 3.8) is 0 Å². The number of hydrogen-bond acceptors (Lipinski definition) is 4. The first-order valence-corrected chi connectivity index (χ1v) is 6.67. The number of carboxylic acid groups (broad SMARTS) is 1. The van der Waals surface area contributed by atoms with Crippen molar-refractivity contribution in [2.75, 3.05) is 7.11 Å². The summed E-state index contributed by atoms with van der Waals surface area (Å²) in [6, 6.07) is 8.46. The zero-order valence-electron chi connectivity index (χ0n) is 11.6. The maximum Gasteiger partial charge on any atom is 0.356 e. The van der Waals surface area contributed by atoms with Crippen molar-refractivity contribution < 1.29 is 19.4 Å². The van der Waals surface area contributed by atoms with Gasteiger partial charge in [0.05, 0.1) is 12.1 Å². The predicted molar refractivity (Wildman–Crippen MR) is 78.7 cm³/mol. The van der Waals surface area contributed by atoms with Crippen LogP contribution in [-0.2, 0) is 6.42 Å². The largest absolute Gasteiger partial charge is 0.493 e. The van der Waals surface area contributed by atoms with E-state index in [-0.39, 0.29) is 16.6 Å². The number of methoxy groups -OCH3 is 1. The van der Waals surface area contributed by atoms with Crippen LogP contribution >= 0.6 is 11.6 Å². The third kappa shape index (κ3) is 3.44. The molecule has 1 heterocycles. The highest BCUT2D eigenvalue weighted by Gasteiger charge is 2.14. The van der Waals surface area contributed by atoms with Gasteiger partial charge in [0.15, 0.2) is 17.2 Å². The van der Waals surface area contributed by atoms with Crippen LogP contribution in [0.5, 0.6) is 17.4 Å². The second-order valence-electron chi connectivity index (χ2n) is 4.23. The number of rotatable bonds is 5. The number of benzene rings is 1. The minimum absolute atomic E-state index is 0.0585. The van der Waals surface area contributed by atoms with E-state index in [0.717, 1.165) is 12.0 Å². The Balaban J connectivity index is 2.34. The molecule has 0 aliphatic rings. The number of carboxylic acids is 1. The number of halogens is 1. The Morgan fingerprint density at radius 1 is 1.29 bits per heavy atom. The number of aryl methyl sites for hydroxylation is 1. The first-order chi connectivity index (χ1) is 10.0. The van der Waals surface area contributed by atoms with Crippen molar-refractivity contribution in [3.05, 3.63) is 46.6 Å². The minimum atomic E-state index is -1.21. The second-order valence-corrected chi connectivity index (χ2v) is 4.63. The van der Waals surface area contributed by atoms with Crippen LogP contribution in [0.3, 0.4) is 0 Å². The molecule has 0 saturated heterocycles. The summed E-state index contributed by atoms with van der Waals surface area (Å²) < 4.78 is 10.9. The van der Waals surface area contributed by atoms with Crippen LogP contribution in [-0.4, -0.2) is 23.2 Å². The number of aromatic carboxylic acids is 1. The third-order valence-electron chi connectivity index (χ3n) is 2.87. The maximum absolute atomic E-state index is 11.0. The minimum Gasteiger partial charge on any atom is -0.493 e. The van der Waals surface area contributed by atoms with Gasteiger partial charge in [0, 0.05) is 6.07 Å². The van der Waals surface area contributed by atoms with E-state index in [9.17, 15) is 4.79 Å². The molecule has 1 aromatic heterocycles. The topological polar surface area (TPSA) is 68.7 Å². The highest BCUT2D eigenvalue weighted by Crippen LogP contribution is 2.32. The fourth-order valence-corrected chi connectivity index (χ4v) is 1.95. The van der Waals surface area contributed by atoms with Gasteiger partial charge in [0.25, 0.3) is 0 Å². The Labute approximate surface area is 127 Å². The van der Waals surface area contributed by atoms with E-state index in [4.69, 9.17) is 26.2 Å². The zero-order valence-corrected chi connectivity index (χ0v) is 12.3. The molecule has 5 nitrogen and oxygen atoms in total. The van der Waals surface area contributed by atoms with Gasteiger partial charge in [0.2, 0.25) is 5.88 Å². The van der Waals surface area contributed by atoms with Crippen molar-refractivity contribution in [3.8, 4) is 17.4 Å². The van der Waals surface area contributed by atoms with Crippen molar-refractivity contribution >= 4 is 17.6 Å². The summed E-state index contributed by atoms with van der Waals surface area (Å²) >= 11 is 5.77. The number of pyridine rings is 1. The van der Waals surface area contributed by atoms with E-state index in [1.54, 1.807) is 13.2 Å². The Kier molecular flexibility index (Phi) is 4.65. The molecule has 110 valence electrons. The summed E-state index contributed by atoms with van der Waals surface area (Å²) in [7, 11) is 1.54. The van der Waals surface area contributed by atoms with Crippen LogP contribution in [0.25, 0.3) is 0 Å². The van der Waals surface area contributed by atoms with Crippen molar-refractivity contribution in [2.24, 2.45) is 0 Å². The van der Waals surface area contributed by atoms with Crippen LogP contribution < -0.4 is 9.47 Å². The lowest BCUT2D eigenvalue weighted by molar-refractivity contribution is 0.0690. The molecule has 21 heavy (non-hydrogen) atoms. The summed E-state index contributed by atoms with van der Waals surface area (Å²) in [6.45, 7) is 2.04. The number of carbonyl (C=O) groups is 1. The molecule has 1 aromatic carbocycles. The molecule has 0 radical (unpaired) electrons. The van der Waals surface area contributed by atoms with E-state index in [0.29, 0.717) is 11.5 Å². The molecular weight excluding hydrogens is 294 g/mol. The Morgan fingerprint density at radius 3 is 2.67 bits per heavy atom. The summed E-state index contributed by atoms with van der Waals surface area (Å²) in [6.07, 6.45) is 0.874. The monoisotopic (exact) mass is 307 g/mol. The highest BCUT2D eigenvalue weighted by atomic mass is 35.5. The van der Waals surface area contributed by atoms with Gasteiger partial charge in [-0.25, -0.2) is 9.78 Å². The number of aromatic nitrogens is 1. The van der Waals surface area contributed by atoms with Gasteiger partial charge in [-0.05, 0) is 30.2 Å². The number of ether oxygens (including phenoxy) is 2. The molecule has 6 heteroatoms. The lowest BCUT2D eigenvalue weighted by atomic mass is 10.1. The average Bonchev–Trinajstić information content (AvgIpc) is 2.49. The van der Waals surface area contributed by atoms with E-state index in [1.165, 1.54) is 12.1 Å². The summed E-state index contributed by atoms with van der Waals surface area (Å²) in [5.74, 6) is -0.0538. The fourth-order valence-electron chi connectivity index (χ4n) is 1.76. The predicted octanol–water partition coefficient (Wildman–Crippen LogP) is 3.80. The zero-order chi connectivity index (χ0) is 15.4. The summed E-state index contributed by atoms with van der Waals surface area (Å²) in [5.41, 5.74) is 0.854. The van der Waals surface area contributed by atoms with Gasteiger partial charge in [-0.3, -0.25) is 0 Å². The second kappa shape index (κ2) is 6.45. The molecule has 0 fully saturated rings. The average molecular weight is 308 g/mol. The lowest BCUT2D eigenvalue weighted by Gasteiger charge is -2.11. The number of nitrogens with zero attached hydrogens (tertiary/aromatic N) is 1. The molecule has 2 rings (SSSR count). The molecule has 0 spiro atoms. The van der Waals surface area contributed by atoms with Gasteiger partial charge in [-0.15, -0.1) is 0 Å². The highest BCUT2D eigenvalue weighted by molar-refractivity contribution is 6.33. The molecule has 0 unspecified atom stereocenters. The van der Waals surface area contributed by atoms with Crippen LogP contribution in [0, 0.1) is 0 Å². The van der Waals surface area contributed by atoms with Gasteiger partial charge in [0.1, 0.15) is 0 Å². The van der Waals surface area contributed by atoms with E-state index in [2.05, 4.69) is 4.98 Å². The molecule has 0 saturated carbocycles. The van der Waals surface area contributed by atoms with Crippen LogP contribution in [0.4, 0.5) is 0 Å². The van der Waals surface area contributed by atoms with Gasteiger partial charge in [-0.2, -0.15) is 0 Å². The standard InChI is InChI=1S/C15H14ClNO4/c1-3-9-4-6-11(12(8-9)20-2)21-13-7-5-10(16)14(17-13)15(18)19/h4-8H,3H2,1-2H3,(H,18,19). The van der Waals surface area contributed by atoms with Crippen LogP contribution in [0.1, 0.15) is 23.0 Å². The molecule has 2 aromatic rings. The Morgan fingerprint density at radius 2 is 2.05 bits per heavy atom. The Hall–Kier alpha value is -2.27. The molecule has 1 N–H and O–H groups in total. The first kappa shape index (κ1) is 15.1. The Bertz CT molecular complexity index is 673. The van der Waals surface area contributed by atoms with Gasteiger partial charge < -0.3 is 14.6 Å². The van der Waals surface area contributed by atoms with Crippen molar-refractivity contribution in [1.29, 1.82) is 0 Å². The van der Waals surface area contributed by atoms with Crippen LogP contribution in [0.15, 0.2) is 30.3 Å². The molecule has 0 atom stereocenters. The quantitative estimate of drug-likeness (QED) is 0.910. The molecule has 0 bridgehead atoms. The van der Waals surface area contributed by atoms with E-state index < -0.39 is 5.97 Å². The molecule has 0 aliphatic carbocycles. The maximum atomic E-state index is 11.0. The molecular formula is C15H14ClNO4. The summed E-state index contributed by atoms with van der Waals surface area (Å²) in [4.78, 5) is 14.9. The normalized spacial score (nSPS) is 10.2. The third-order valence-corrected chi connectivity index (χ3v) is 3.18. The van der Waals surface area contributed by atoms with Gasteiger partial charge in [-0.1, -0.05) is 24.6 Å².